The van der Waals surface area contributed by atoms with E-state index in [1.807, 2.05) is 11.2 Å². The lowest BCUT2D eigenvalue weighted by Gasteiger charge is -2.44. The van der Waals surface area contributed by atoms with Gasteiger partial charge in [-0.15, -0.1) is 0 Å². The molecule has 2 saturated heterocycles. The number of H-pyrrole nitrogens is 2. The first-order chi connectivity index (χ1) is 15.8. The summed E-state index contributed by atoms with van der Waals surface area (Å²) < 4.78 is 13.4. The number of amides is 2. The molecule has 0 aliphatic carbocycles. The summed E-state index contributed by atoms with van der Waals surface area (Å²) in [7, 11) is 0. The number of halogens is 1. The van der Waals surface area contributed by atoms with E-state index in [9.17, 15) is 23.9 Å². The summed E-state index contributed by atoms with van der Waals surface area (Å²) in [5.41, 5.74) is -0.124. The fourth-order valence-electron chi connectivity index (χ4n) is 4.64. The van der Waals surface area contributed by atoms with E-state index < -0.39 is 11.4 Å². The molecule has 2 aliphatic heterocycles. The zero-order valence-corrected chi connectivity index (χ0v) is 19.2. The van der Waals surface area contributed by atoms with Crippen LogP contribution in [-0.4, -0.2) is 73.5 Å². The molecule has 0 saturated carbocycles. The van der Waals surface area contributed by atoms with Crippen molar-refractivity contribution < 1.29 is 19.1 Å². The second-order valence-electron chi connectivity index (χ2n) is 8.52. The van der Waals surface area contributed by atoms with Gasteiger partial charge in [-0.2, -0.15) is 11.8 Å². The van der Waals surface area contributed by atoms with Crippen LogP contribution in [0.15, 0.2) is 29.1 Å². The molecule has 9 nitrogen and oxygen atoms in total. The minimum absolute atomic E-state index is 0.0305. The second-order valence-corrected chi connectivity index (χ2v) is 9.51. The quantitative estimate of drug-likeness (QED) is 0.475. The molecule has 33 heavy (non-hydrogen) atoms. The van der Waals surface area contributed by atoms with E-state index >= 15 is 0 Å². The topological polar surface area (TPSA) is 122 Å². The van der Waals surface area contributed by atoms with Crippen LogP contribution < -0.4 is 11.0 Å². The average molecular weight is 478 g/mol. The van der Waals surface area contributed by atoms with Gasteiger partial charge < -0.3 is 19.9 Å². The molecular weight excluding hydrogens is 449 g/mol. The van der Waals surface area contributed by atoms with Crippen molar-refractivity contribution in [2.75, 3.05) is 25.1 Å². The zero-order chi connectivity index (χ0) is 23.6. The Balaban J connectivity index is 1.47. The summed E-state index contributed by atoms with van der Waals surface area (Å²) in [5, 5.41) is 13.3. The third-order valence-corrected chi connectivity index (χ3v) is 7.09. The first-order valence-electron chi connectivity index (χ1n) is 10.9. The maximum atomic E-state index is 13.4. The van der Waals surface area contributed by atoms with E-state index in [4.69, 9.17) is 0 Å². The van der Waals surface area contributed by atoms with Gasteiger partial charge in [0.15, 0.2) is 0 Å². The molecule has 0 radical (unpaired) electrons. The van der Waals surface area contributed by atoms with E-state index in [0.717, 1.165) is 11.3 Å². The third kappa shape index (κ3) is 4.93. The van der Waals surface area contributed by atoms with E-state index in [0.29, 0.717) is 38.9 Å². The maximum Gasteiger partial charge on any atom is 0.325 e. The lowest BCUT2D eigenvalue weighted by molar-refractivity contribution is -0.137. The Hall–Kier alpha value is -2.79. The normalized spacial score (nSPS) is 20.1. The summed E-state index contributed by atoms with van der Waals surface area (Å²) in [4.78, 5) is 45.5. The molecule has 2 amide bonds. The molecule has 2 aliphatic rings. The van der Waals surface area contributed by atoms with Gasteiger partial charge in [0.2, 0.25) is 17.7 Å². The molecule has 2 fully saturated rings. The lowest BCUT2D eigenvalue weighted by atomic mass is 9.95. The van der Waals surface area contributed by atoms with Gasteiger partial charge in [-0.3, -0.25) is 19.9 Å². The van der Waals surface area contributed by atoms with Crippen molar-refractivity contribution in [3.05, 3.63) is 51.8 Å². The Morgan fingerprint density at radius 3 is 2.52 bits per heavy atom. The zero-order valence-electron chi connectivity index (χ0n) is 18.4. The molecule has 2 aromatic rings. The molecule has 1 aromatic heterocycles. The van der Waals surface area contributed by atoms with Crippen LogP contribution in [0.3, 0.4) is 0 Å². The SMILES string of the molecule is CSCCC1NC2(CCN(C(=O)Cc3[nH]c(=O)[nH]c3O)CC2)N(Cc2ccc(F)cc2)C1=O. The van der Waals surface area contributed by atoms with Crippen LogP contribution in [-0.2, 0) is 22.6 Å². The van der Waals surface area contributed by atoms with Gasteiger partial charge in [0.25, 0.3) is 0 Å². The summed E-state index contributed by atoms with van der Waals surface area (Å²) in [6, 6.07) is 5.87. The minimum atomic E-state index is -0.574. The molecule has 1 unspecified atom stereocenters. The lowest BCUT2D eigenvalue weighted by Crippen LogP contribution is -2.59. The maximum absolute atomic E-state index is 13.4. The number of carbonyl (C=O) groups is 2. The fourth-order valence-corrected chi connectivity index (χ4v) is 5.11. The highest BCUT2D eigenvalue weighted by atomic mass is 32.2. The number of nitrogens with one attached hydrogen (secondary N) is 3. The molecule has 4 N–H and O–H groups in total. The number of likely N-dealkylation sites (tertiary alicyclic amines) is 1. The van der Waals surface area contributed by atoms with Crippen molar-refractivity contribution in [1.29, 1.82) is 0 Å². The highest BCUT2D eigenvalue weighted by Crippen LogP contribution is 2.35. The Bertz CT molecular complexity index is 1060. The smallest absolute Gasteiger partial charge is 0.325 e. The molecule has 4 rings (SSSR count). The first kappa shape index (κ1) is 23.4. The van der Waals surface area contributed by atoms with Crippen LogP contribution in [0.2, 0.25) is 0 Å². The van der Waals surface area contributed by atoms with Crippen LogP contribution in [0.25, 0.3) is 0 Å². The largest absolute Gasteiger partial charge is 0.493 e. The van der Waals surface area contributed by atoms with Gasteiger partial charge in [0.1, 0.15) is 5.82 Å². The highest BCUT2D eigenvalue weighted by Gasteiger charge is 2.51. The number of thioether (sulfide) groups is 1. The van der Waals surface area contributed by atoms with E-state index in [1.54, 1.807) is 28.8 Å². The molecule has 178 valence electrons. The van der Waals surface area contributed by atoms with E-state index in [-0.39, 0.29) is 41.7 Å². The molecule has 3 heterocycles. The summed E-state index contributed by atoms with van der Waals surface area (Å²) in [5.74, 6) is 0.0323. The van der Waals surface area contributed by atoms with Gasteiger partial charge in [-0.1, -0.05) is 12.1 Å². The van der Waals surface area contributed by atoms with Gasteiger partial charge >= 0.3 is 5.69 Å². The number of aromatic amines is 2. The number of hydrogen-bond acceptors (Lipinski definition) is 6. The van der Waals surface area contributed by atoms with Crippen LogP contribution in [0.1, 0.15) is 30.5 Å². The van der Waals surface area contributed by atoms with Gasteiger partial charge in [0.05, 0.1) is 23.8 Å². The van der Waals surface area contributed by atoms with Crippen molar-refractivity contribution >= 4 is 23.6 Å². The fraction of sp³-hybridized carbons (Fsp3) is 0.500. The summed E-state index contributed by atoms with van der Waals surface area (Å²) in [6.07, 6.45) is 3.71. The van der Waals surface area contributed by atoms with Crippen molar-refractivity contribution in [2.24, 2.45) is 0 Å². The number of nitrogens with zero attached hydrogens (tertiary/aromatic N) is 2. The number of carbonyl (C=O) groups excluding carboxylic acids is 2. The number of benzene rings is 1. The Labute approximate surface area is 194 Å². The Morgan fingerprint density at radius 1 is 1.21 bits per heavy atom. The Morgan fingerprint density at radius 2 is 1.91 bits per heavy atom. The Kier molecular flexibility index (Phi) is 6.80. The van der Waals surface area contributed by atoms with Gasteiger partial charge in [-0.05, 0) is 36.1 Å². The predicted molar refractivity (Wildman–Crippen MR) is 122 cm³/mol. The van der Waals surface area contributed by atoms with Crippen LogP contribution >= 0.6 is 11.8 Å². The monoisotopic (exact) mass is 477 g/mol. The molecule has 1 aromatic carbocycles. The van der Waals surface area contributed by atoms with E-state index in [1.165, 1.54) is 12.1 Å². The first-order valence-corrected chi connectivity index (χ1v) is 12.3. The van der Waals surface area contributed by atoms with Crippen LogP contribution in [0.4, 0.5) is 4.39 Å². The van der Waals surface area contributed by atoms with E-state index in [2.05, 4.69) is 15.3 Å². The third-order valence-electron chi connectivity index (χ3n) is 6.44. The van der Waals surface area contributed by atoms with Crippen LogP contribution in [0, 0.1) is 5.82 Å². The molecule has 0 bridgehead atoms. The highest BCUT2D eigenvalue weighted by molar-refractivity contribution is 7.98. The van der Waals surface area contributed by atoms with Crippen molar-refractivity contribution in [1.82, 2.24) is 25.1 Å². The predicted octanol–water partition coefficient (Wildman–Crippen LogP) is 1.16. The minimum Gasteiger partial charge on any atom is -0.493 e. The average Bonchev–Trinajstić information content (AvgIpc) is 3.24. The van der Waals surface area contributed by atoms with Crippen molar-refractivity contribution in [2.45, 2.75) is 43.9 Å². The summed E-state index contributed by atoms with van der Waals surface area (Å²) >= 11 is 1.69. The molecule has 1 spiro atoms. The molecule has 11 heteroatoms. The number of aromatic nitrogens is 2. The second kappa shape index (κ2) is 9.60. The molecular formula is C22H28FN5O4S. The molecule has 1 atom stereocenters. The van der Waals surface area contributed by atoms with Crippen molar-refractivity contribution in [3.63, 3.8) is 0 Å². The number of aromatic hydroxyl groups is 1. The number of imidazole rings is 1. The van der Waals surface area contributed by atoms with Gasteiger partial charge in [0, 0.05) is 32.5 Å². The number of piperidine rings is 1. The van der Waals surface area contributed by atoms with Gasteiger partial charge in [-0.25, -0.2) is 9.18 Å². The standard InChI is InChI=1S/C22H28FN5O4S/c1-33-11-6-16-20(31)28(13-14-2-4-15(23)5-3-14)22(26-16)7-9-27(10-8-22)18(29)12-17-19(30)25-21(32)24-17/h2-5,16,26,30H,6-13H2,1H3,(H2,24,25,32). The van der Waals surface area contributed by atoms with Crippen LogP contribution in [0.5, 0.6) is 5.88 Å². The number of hydrogen-bond donors (Lipinski definition) is 4. The summed E-state index contributed by atoms with van der Waals surface area (Å²) in [6.45, 7) is 1.24. The number of rotatable bonds is 7. The van der Waals surface area contributed by atoms with Crippen molar-refractivity contribution in [3.8, 4) is 5.88 Å².